The van der Waals surface area contributed by atoms with Crippen LogP contribution >= 0.6 is 34.8 Å². The first-order chi connectivity index (χ1) is 14.8. The highest BCUT2D eigenvalue weighted by atomic mass is 35.5. The fourth-order valence-corrected chi connectivity index (χ4v) is 4.03. The Kier molecular flexibility index (Phi) is 7.70. The average molecular weight is 483 g/mol. The predicted molar refractivity (Wildman–Crippen MR) is 125 cm³/mol. The van der Waals surface area contributed by atoms with Gasteiger partial charge in [-0.2, -0.15) is 0 Å². The lowest BCUT2D eigenvalue weighted by atomic mass is 10.0. The van der Waals surface area contributed by atoms with Gasteiger partial charge < -0.3 is 19.9 Å². The van der Waals surface area contributed by atoms with Crippen molar-refractivity contribution in [3.63, 3.8) is 0 Å². The van der Waals surface area contributed by atoms with Crippen LogP contribution in [0.15, 0.2) is 43.0 Å². The molecule has 1 N–H and O–H groups in total. The highest BCUT2D eigenvalue weighted by molar-refractivity contribution is 6.44. The Hall–Kier alpha value is -2.41. The summed E-state index contributed by atoms with van der Waals surface area (Å²) in [5.74, 6) is 0.300. The third kappa shape index (κ3) is 5.26. The monoisotopic (exact) mass is 481 g/mol. The van der Waals surface area contributed by atoms with Crippen LogP contribution in [0.3, 0.4) is 0 Å². The number of carbonyl (C=O) groups excluding carboxylic acids is 2. The number of halogens is 3. The Morgan fingerprint density at radius 2 is 1.74 bits per heavy atom. The van der Waals surface area contributed by atoms with E-state index in [4.69, 9.17) is 39.5 Å². The summed E-state index contributed by atoms with van der Waals surface area (Å²) in [5.41, 5.74) is 1.95. The molecule has 2 aromatic carbocycles. The number of hydrogen-bond donors (Lipinski definition) is 1. The summed E-state index contributed by atoms with van der Waals surface area (Å²) in [5, 5.41) is 4.39. The van der Waals surface area contributed by atoms with Crippen molar-refractivity contribution in [2.45, 2.75) is 0 Å². The van der Waals surface area contributed by atoms with Gasteiger partial charge in [0.05, 0.1) is 34.4 Å². The van der Waals surface area contributed by atoms with Gasteiger partial charge in [-0.3, -0.25) is 9.59 Å². The number of methoxy groups -OCH3 is 1. The lowest BCUT2D eigenvalue weighted by molar-refractivity contribution is -0.135. The molecule has 2 amide bonds. The first kappa shape index (κ1) is 23.3. The largest absolute Gasteiger partial charge is 0.495 e. The molecular weight excluding hydrogens is 461 g/mol. The van der Waals surface area contributed by atoms with Crippen LogP contribution in [-0.4, -0.2) is 61.4 Å². The van der Waals surface area contributed by atoms with Gasteiger partial charge in [-0.1, -0.05) is 53.5 Å². The fourth-order valence-electron chi connectivity index (χ4n) is 3.37. The first-order valence-electron chi connectivity index (χ1n) is 9.60. The molecule has 164 valence electrons. The number of rotatable bonds is 6. The van der Waals surface area contributed by atoms with Crippen LogP contribution in [0.1, 0.15) is 0 Å². The zero-order valence-electron chi connectivity index (χ0n) is 17.0. The average Bonchev–Trinajstić information content (AvgIpc) is 2.79. The van der Waals surface area contributed by atoms with E-state index in [9.17, 15) is 9.59 Å². The van der Waals surface area contributed by atoms with Gasteiger partial charge in [0, 0.05) is 43.4 Å². The third-order valence-corrected chi connectivity index (χ3v) is 6.21. The van der Waals surface area contributed by atoms with Crippen molar-refractivity contribution >= 4 is 52.3 Å². The maximum Gasteiger partial charge on any atom is 0.246 e. The van der Waals surface area contributed by atoms with E-state index < -0.39 is 0 Å². The van der Waals surface area contributed by atoms with Gasteiger partial charge in [-0.25, -0.2) is 0 Å². The Morgan fingerprint density at radius 3 is 2.39 bits per heavy atom. The molecule has 0 unspecified atom stereocenters. The quantitative estimate of drug-likeness (QED) is 0.612. The fraction of sp³-hybridized carbons (Fsp3) is 0.273. The van der Waals surface area contributed by atoms with Crippen LogP contribution < -0.4 is 10.1 Å². The molecule has 0 spiro atoms. The van der Waals surface area contributed by atoms with E-state index in [-0.39, 0.29) is 18.4 Å². The topological polar surface area (TPSA) is 61.9 Å². The van der Waals surface area contributed by atoms with Crippen molar-refractivity contribution in [2.24, 2.45) is 0 Å². The normalized spacial score (nSPS) is 13.7. The number of carbonyl (C=O) groups is 2. The Bertz CT molecular complexity index is 1000. The number of piperazine rings is 1. The van der Waals surface area contributed by atoms with E-state index in [0.717, 1.165) is 0 Å². The van der Waals surface area contributed by atoms with E-state index in [1.807, 2.05) is 6.07 Å². The van der Waals surface area contributed by atoms with Gasteiger partial charge >= 0.3 is 0 Å². The number of benzene rings is 2. The van der Waals surface area contributed by atoms with Gasteiger partial charge in [0.1, 0.15) is 5.75 Å². The van der Waals surface area contributed by atoms with Crippen molar-refractivity contribution in [1.82, 2.24) is 9.80 Å². The molecule has 1 aliphatic rings. The zero-order chi connectivity index (χ0) is 22.5. The molecule has 0 saturated carbocycles. The predicted octanol–water partition coefficient (Wildman–Crippen LogP) is 4.59. The lowest BCUT2D eigenvalue weighted by Gasteiger charge is -2.34. The number of hydrogen-bond acceptors (Lipinski definition) is 4. The molecular formula is C22H22Cl3N3O3. The smallest absolute Gasteiger partial charge is 0.246 e. The van der Waals surface area contributed by atoms with Gasteiger partial charge in [-0.15, -0.1) is 0 Å². The van der Waals surface area contributed by atoms with E-state index >= 15 is 0 Å². The van der Waals surface area contributed by atoms with Crippen LogP contribution in [0.4, 0.5) is 5.69 Å². The van der Waals surface area contributed by atoms with E-state index in [0.29, 0.717) is 63.8 Å². The molecule has 31 heavy (non-hydrogen) atoms. The van der Waals surface area contributed by atoms with Crippen molar-refractivity contribution in [1.29, 1.82) is 0 Å². The molecule has 0 bridgehead atoms. The summed E-state index contributed by atoms with van der Waals surface area (Å²) in [6.07, 6.45) is 1.29. The van der Waals surface area contributed by atoms with Crippen LogP contribution in [0.25, 0.3) is 11.1 Å². The minimum Gasteiger partial charge on any atom is -0.495 e. The first-order valence-corrected chi connectivity index (χ1v) is 10.7. The molecule has 0 atom stereocenters. The van der Waals surface area contributed by atoms with Crippen LogP contribution in [0.2, 0.25) is 15.1 Å². The molecule has 1 aliphatic heterocycles. The number of nitrogens with one attached hydrogen (secondary N) is 1. The Balaban J connectivity index is 1.74. The summed E-state index contributed by atoms with van der Waals surface area (Å²) < 4.78 is 5.42. The maximum absolute atomic E-state index is 12.7. The van der Waals surface area contributed by atoms with Gasteiger partial charge in [-0.05, 0) is 18.2 Å². The van der Waals surface area contributed by atoms with Gasteiger partial charge in [0.2, 0.25) is 11.8 Å². The summed E-state index contributed by atoms with van der Waals surface area (Å²) in [6.45, 7) is 5.48. The molecule has 6 nitrogen and oxygen atoms in total. The van der Waals surface area contributed by atoms with E-state index in [1.165, 1.54) is 13.2 Å². The molecule has 1 saturated heterocycles. The molecule has 0 radical (unpaired) electrons. The minimum absolute atomic E-state index is 0.0656. The van der Waals surface area contributed by atoms with Crippen molar-refractivity contribution in [3.05, 3.63) is 58.1 Å². The van der Waals surface area contributed by atoms with Crippen LogP contribution in [-0.2, 0) is 9.59 Å². The summed E-state index contributed by atoms with van der Waals surface area (Å²) in [6, 6.07) is 8.76. The molecule has 3 rings (SSSR count). The molecule has 2 aromatic rings. The highest BCUT2D eigenvalue weighted by Gasteiger charge is 2.23. The van der Waals surface area contributed by atoms with Gasteiger partial charge in [0.25, 0.3) is 0 Å². The second kappa shape index (κ2) is 10.3. The Morgan fingerprint density at radius 1 is 1.06 bits per heavy atom. The van der Waals surface area contributed by atoms with Crippen molar-refractivity contribution < 1.29 is 14.3 Å². The Labute approximate surface area is 196 Å². The molecule has 0 aromatic heterocycles. The molecule has 9 heteroatoms. The third-order valence-electron chi connectivity index (χ3n) is 5.08. The highest BCUT2D eigenvalue weighted by Crippen LogP contribution is 2.41. The van der Waals surface area contributed by atoms with E-state index in [2.05, 4.69) is 11.9 Å². The summed E-state index contributed by atoms with van der Waals surface area (Å²) in [7, 11) is 1.53. The second-order valence-electron chi connectivity index (χ2n) is 6.90. The van der Waals surface area contributed by atoms with Gasteiger partial charge in [0.15, 0.2) is 0 Å². The number of ether oxygens (including phenoxy) is 1. The number of nitrogens with zero attached hydrogens (tertiary/aromatic N) is 2. The van der Waals surface area contributed by atoms with Crippen molar-refractivity contribution in [2.75, 3.05) is 45.2 Å². The molecule has 1 fully saturated rings. The standard InChI is InChI=1S/C22H22Cl3N3O3/c1-3-20(29)27-7-9-28(10-8-27)21(30)13-26-18-11-15(17(24)12-19(18)31-2)14-5-4-6-16(23)22(14)25/h3-6,11-12,26H,1,7-10,13H2,2H3. The second-order valence-corrected chi connectivity index (χ2v) is 8.09. The SMILES string of the molecule is C=CC(=O)N1CCN(C(=O)CNc2cc(-c3cccc(Cl)c3Cl)c(Cl)cc2OC)CC1. The molecule has 1 heterocycles. The zero-order valence-corrected chi connectivity index (χ0v) is 19.2. The van der Waals surface area contributed by atoms with Crippen LogP contribution in [0.5, 0.6) is 5.75 Å². The molecule has 0 aliphatic carbocycles. The maximum atomic E-state index is 12.7. The number of amides is 2. The van der Waals surface area contributed by atoms with Crippen molar-refractivity contribution in [3.8, 4) is 16.9 Å². The van der Waals surface area contributed by atoms with E-state index in [1.54, 1.807) is 34.1 Å². The minimum atomic E-state index is -0.122. The lowest BCUT2D eigenvalue weighted by Crippen LogP contribution is -2.51. The summed E-state index contributed by atoms with van der Waals surface area (Å²) >= 11 is 19.0. The summed E-state index contributed by atoms with van der Waals surface area (Å²) in [4.78, 5) is 27.8. The van der Waals surface area contributed by atoms with Crippen LogP contribution in [0, 0.1) is 0 Å². The number of anilines is 1.